The van der Waals surface area contributed by atoms with Gasteiger partial charge in [0.05, 0.1) is 11.9 Å². The van der Waals surface area contributed by atoms with E-state index >= 15 is 0 Å². The molecule has 1 aromatic rings. The van der Waals surface area contributed by atoms with Crippen molar-refractivity contribution in [3.05, 3.63) is 22.6 Å². The minimum atomic E-state index is -0.185. The number of rotatable bonds is 3. The van der Waals surface area contributed by atoms with Crippen LogP contribution >= 0.6 is 0 Å². The summed E-state index contributed by atoms with van der Waals surface area (Å²) in [5, 5.41) is 4.30. The molecule has 142 valence electrons. The minimum absolute atomic E-state index is 0.0400. The van der Waals surface area contributed by atoms with Crippen LogP contribution in [0.5, 0.6) is 0 Å². The minimum Gasteiger partial charge on any atom is -0.369 e. The highest BCUT2D eigenvalue weighted by Gasteiger charge is 2.37. The quantitative estimate of drug-likeness (QED) is 0.798. The molecule has 0 radical (unpaired) electrons. The Kier molecular flexibility index (Phi) is 4.98. The lowest BCUT2D eigenvalue weighted by atomic mass is 9.90. The van der Waals surface area contributed by atoms with Gasteiger partial charge in [-0.3, -0.25) is 9.59 Å². The molecule has 1 saturated carbocycles. The fourth-order valence-corrected chi connectivity index (χ4v) is 4.68. The lowest BCUT2D eigenvalue weighted by Crippen LogP contribution is -2.40. The van der Waals surface area contributed by atoms with Crippen LogP contribution in [0.2, 0.25) is 0 Å². The van der Waals surface area contributed by atoms with Gasteiger partial charge in [0.25, 0.3) is 5.56 Å². The Morgan fingerprint density at radius 1 is 1.19 bits per heavy atom. The van der Waals surface area contributed by atoms with Crippen LogP contribution in [0.15, 0.2) is 17.1 Å². The summed E-state index contributed by atoms with van der Waals surface area (Å²) in [6.07, 6.45) is 7.51. The maximum atomic E-state index is 12.7. The standard InChI is InChI=1S/C19H29N5O2/c1-21-6-3-7-22(9-8-21)17-11-18(25)24(20-12-17)14-19(26)23-13-15-4-2-5-16(23)10-15/h11-12,15-16H,2-10,13-14H2,1H3/t15-,16+/m1/s1. The third-order valence-electron chi connectivity index (χ3n) is 6.20. The van der Waals surface area contributed by atoms with E-state index in [4.69, 9.17) is 0 Å². The van der Waals surface area contributed by atoms with Gasteiger partial charge >= 0.3 is 0 Å². The molecule has 2 bridgehead atoms. The number of likely N-dealkylation sites (N-methyl/N-ethyl adjacent to an activating group) is 1. The topological polar surface area (TPSA) is 61.7 Å². The molecular formula is C19H29N5O2. The summed E-state index contributed by atoms with van der Waals surface area (Å²) in [7, 11) is 2.12. The van der Waals surface area contributed by atoms with Crippen LogP contribution in [0.3, 0.4) is 0 Å². The average Bonchev–Trinajstić information content (AvgIpc) is 2.79. The molecule has 3 heterocycles. The highest BCUT2D eigenvalue weighted by atomic mass is 16.2. The maximum absolute atomic E-state index is 12.7. The number of hydrogen-bond acceptors (Lipinski definition) is 5. The summed E-state index contributed by atoms with van der Waals surface area (Å²) >= 11 is 0. The van der Waals surface area contributed by atoms with Gasteiger partial charge in [-0.05, 0) is 45.2 Å². The van der Waals surface area contributed by atoms with Crippen molar-refractivity contribution in [1.82, 2.24) is 19.6 Å². The first kappa shape index (κ1) is 17.5. The molecule has 1 aromatic heterocycles. The highest BCUT2D eigenvalue weighted by Crippen LogP contribution is 2.35. The van der Waals surface area contributed by atoms with E-state index in [0.717, 1.165) is 57.7 Å². The summed E-state index contributed by atoms with van der Waals surface area (Å²) in [4.78, 5) is 31.7. The van der Waals surface area contributed by atoms with Crippen molar-refractivity contribution in [3.63, 3.8) is 0 Å². The van der Waals surface area contributed by atoms with E-state index in [1.54, 1.807) is 12.3 Å². The summed E-state index contributed by atoms with van der Waals surface area (Å²) in [6, 6.07) is 2.01. The third-order valence-corrected chi connectivity index (χ3v) is 6.20. The molecule has 0 spiro atoms. The van der Waals surface area contributed by atoms with E-state index in [-0.39, 0.29) is 18.0 Å². The number of carbonyl (C=O) groups is 1. The van der Waals surface area contributed by atoms with E-state index < -0.39 is 0 Å². The second kappa shape index (κ2) is 7.39. The molecule has 1 aliphatic carbocycles. The van der Waals surface area contributed by atoms with E-state index in [2.05, 4.69) is 21.9 Å². The number of anilines is 1. The van der Waals surface area contributed by atoms with E-state index in [1.807, 2.05) is 4.90 Å². The number of aromatic nitrogens is 2. The van der Waals surface area contributed by atoms with Crippen LogP contribution in [0.1, 0.15) is 32.1 Å². The van der Waals surface area contributed by atoms with Crippen LogP contribution < -0.4 is 10.5 Å². The van der Waals surface area contributed by atoms with E-state index in [0.29, 0.717) is 12.0 Å². The Morgan fingerprint density at radius 2 is 2.08 bits per heavy atom. The molecule has 3 fully saturated rings. The molecule has 1 amide bonds. The Morgan fingerprint density at radius 3 is 2.88 bits per heavy atom. The molecule has 2 atom stereocenters. The van der Waals surface area contributed by atoms with Gasteiger partial charge in [0.1, 0.15) is 6.54 Å². The van der Waals surface area contributed by atoms with Crippen molar-refractivity contribution < 1.29 is 4.79 Å². The molecule has 0 aromatic carbocycles. The van der Waals surface area contributed by atoms with Crippen molar-refractivity contribution in [2.24, 2.45) is 5.92 Å². The lowest BCUT2D eigenvalue weighted by molar-refractivity contribution is -0.133. The summed E-state index contributed by atoms with van der Waals surface area (Å²) in [5.41, 5.74) is 0.682. The molecule has 7 heteroatoms. The molecule has 0 N–H and O–H groups in total. The fourth-order valence-electron chi connectivity index (χ4n) is 4.68. The molecule has 7 nitrogen and oxygen atoms in total. The number of likely N-dealkylation sites (tertiary alicyclic amines) is 1. The molecular weight excluding hydrogens is 330 g/mol. The Labute approximate surface area is 154 Å². The normalized spacial score (nSPS) is 26.8. The smallest absolute Gasteiger partial charge is 0.269 e. The lowest BCUT2D eigenvalue weighted by Gasteiger charge is -2.25. The Balaban J connectivity index is 1.43. The molecule has 2 saturated heterocycles. The first-order valence-corrected chi connectivity index (χ1v) is 9.90. The first-order chi connectivity index (χ1) is 12.6. The zero-order chi connectivity index (χ0) is 18.1. The van der Waals surface area contributed by atoms with Gasteiger partial charge in [0.2, 0.25) is 5.91 Å². The summed E-state index contributed by atoms with van der Waals surface area (Å²) < 4.78 is 1.32. The molecule has 0 unspecified atom stereocenters. The number of fused-ring (bicyclic) bond motifs is 2. The van der Waals surface area contributed by atoms with Crippen molar-refractivity contribution >= 4 is 11.6 Å². The highest BCUT2D eigenvalue weighted by molar-refractivity contribution is 5.76. The number of carbonyl (C=O) groups excluding carboxylic acids is 1. The third kappa shape index (κ3) is 3.63. The molecule has 2 aliphatic heterocycles. The van der Waals surface area contributed by atoms with Crippen molar-refractivity contribution in [1.29, 1.82) is 0 Å². The predicted octanol–water partition coefficient (Wildman–Crippen LogP) is 0.786. The largest absolute Gasteiger partial charge is 0.369 e. The van der Waals surface area contributed by atoms with Crippen LogP contribution in [0, 0.1) is 5.92 Å². The SMILES string of the molecule is CN1CCCN(c2cnn(CC(=O)N3C[C@@H]4CCC[C@H]3C4)c(=O)c2)CC1. The Hall–Kier alpha value is -1.89. The van der Waals surface area contributed by atoms with Gasteiger partial charge in [0, 0.05) is 38.3 Å². The van der Waals surface area contributed by atoms with Gasteiger partial charge in [-0.15, -0.1) is 0 Å². The van der Waals surface area contributed by atoms with Gasteiger partial charge < -0.3 is 14.7 Å². The van der Waals surface area contributed by atoms with E-state index in [1.165, 1.54) is 17.5 Å². The van der Waals surface area contributed by atoms with Gasteiger partial charge in [0.15, 0.2) is 0 Å². The Bertz CT molecular complexity index is 718. The second-order valence-electron chi connectivity index (χ2n) is 8.09. The zero-order valence-electron chi connectivity index (χ0n) is 15.6. The van der Waals surface area contributed by atoms with Gasteiger partial charge in [-0.25, -0.2) is 4.68 Å². The molecule has 3 aliphatic rings. The monoisotopic (exact) mass is 359 g/mol. The predicted molar refractivity (Wildman–Crippen MR) is 100 cm³/mol. The van der Waals surface area contributed by atoms with Crippen LogP contribution in [0.4, 0.5) is 5.69 Å². The second-order valence-corrected chi connectivity index (χ2v) is 8.09. The van der Waals surface area contributed by atoms with Crippen molar-refractivity contribution in [2.45, 2.75) is 44.7 Å². The van der Waals surface area contributed by atoms with E-state index in [9.17, 15) is 9.59 Å². The maximum Gasteiger partial charge on any atom is 0.269 e. The summed E-state index contributed by atoms with van der Waals surface area (Å²) in [6.45, 7) is 4.82. The molecule has 4 rings (SSSR count). The van der Waals surface area contributed by atoms with Crippen LogP contribution in [-0.2, 0) is 11.3 Å². The van der Waals surface area contributed by atoms with Gasteiger partial charge in [-0.2, -0.15) is 5.10 Å². The van der Waals surface area contributed by atoms with Crippen LogP contribution in [0.25, 0.3) is 0 Å². The van der Waals surface area contributed by atoms with Crippen LogP contribution in [-0.4, -0.2) is 71.3 Å². The fraction of sp³-hybridized carbons (Fsp3) is 0.737. The van der Waals surface area contributed by atoms with Crippen molar-refractivity contribution in [2.75, 3.05) is 44.7 Å². The number of nitrogens with zero attached hydrogens (tertiary/aromatic N) is 5. The number of amides is 1. The average molecular weight is 359 g/mol. The van der Waals surface area contributed by atoms with Crippen molar-refractivity contribution in [3.8, 4) is 0 Å². The van der Waals surface area contributed by atoms with Gasteiger partial charge in [-0.1, -0.05) is 6.42 Å². The zero-order valence-corrected chi connectivity index (χ0v) is 15.6. The first-order valence-electron chi connectivity index (χ1n) is 9.90. The summed E-state index contributed by atoms with van der Waals surface area (Å²) in [5.74, 6) is 0.698. The number of hydrogen-bond donors (Lipinski definition) is 0. The molecule has 26 heavy (non-hydrogen) atoms.